The number of hydrogen-bond donors (Lipinski definition) is 2. The fraction of sp³-hybridized carbons (Fsp3) is 0.438. The van der Waals surface area contributed by atoms with Crippen LogP contribution in [-0.4, -0.2) is 95.0 Å². The third kappa shape index (κ3) is 9.13. The Kier molecular flexibility index (Phi) is 10.5. The lowest BCUT2D eigenvalue weighted by molar-refractivity contribution is -0.138. The third-order valence-electron chi connectivity index (χ3n) is 7.87. The van der Waals surface area contributed by atoms with Gasteiger partial charge in [-0.1, -0.05) is 24.3 Å². The smallest absolute Gasteiger partial charge is 0.416 e. The van der Waals surface area contributed by atoms with Crippen LogP contribution in [-0.2, 0) is 12.7 Å². The number of aromatic nitrogens is 3. The summed E-state index contributed by atoms with van der Waals surface area (Å²) in [5.74, 6) is 5.62. The highest BCUT2D eigenvalue weighted by Crippen LogP contribution is 2.34. The summed E-state index contributed by atoms with van der Waals surface area (Å²) in [4.78, 5) is 31.8. The van der Waals surface area contributed by atoms with Crippen molar-refractivity contribution in [2.75, 3.05) is 70.5 Å². The highest BCUT2D eigenvalue weighted by molar-refractivity contribution is 6.04. The number of rotatable bonds is 8. The molecule has 13 heteroatoms. The number of carbonyl (C=O) groups excluding carboxylic acids is 1. The summed E-state index contributed by atoms with van der Waals surface area (Å²) in [5.41, 5.74) is 6.20. The summed E-state index contributed by atoms with van der Waals surface area (Å²) in [6.07, 6.45) is 3.33. The summed E-state index contributed by atoms with van der Waals surface area (Å²) in [6, 6.07) is 5.41. The first-order valence-electron chi connectivity index (χ1n) is 15.0. The van der Waals surface area contributed by atoms with Crippen LogP contribution < -0.4 is 15.8 Å². The SMILES string of the molecule is CN1CCN(Cc2ccc(NC(=O)c3cncc(C#Cc4cnc(N)nc4OCCN4CCCCC4)c3)cc2C(F)(F)F)CC1. The standard InChI is InChI=1S/C32H37F3N8O2/c1-41-11-13-43(14-12-41)22-25-7-8-27(18-28(25)32(33,34)35)39-29(44)26-17-23(19-37-20-26)5-6-24-21-38-31(36)40-30(24)45-16-15-42-9-3-2-4-10-42/h7-8,17-21H,2-4,9-16,22H2,1H3,(H,39,44)(H2,36,38,40). The Morgan fingerprint density at radius 2 is 1.78 bits per heavy atom. The normalized spacial score (nSPS) is 16.5. The monoisotopic (exact) mass is 622 g/mol. The number of piperidine rings is 1. The van der Waals surface area contributed by atoms with Gasteiger partial charge in [-0.05, 0) is 56.7 Å². The third-order valence-corrected chi connectivity index (χ3v) is 7.87. The minimum Gasteiger partial charge on any atom is -0.475 e. The number of nitrogens with two attached hydrogens (primary N) is 1. The number of pyridine rings is 1. The second kappa shape index (κ2) is 14.7. The van der Waals surface area contributed by atoms with E-state index in [0.29, 0.717) is 30.8 Å². The van der Waals surface area contributed by atoms with E-state index in [0.717, 1.165) is 38.8 Å². The number of alkyl halides is 3. The first-order chi connectivity index (χ1) is 21.6. The molecule has 0 bridgehead atoms. The number of nitrogen functional groups attached to an aromatic ring is 1. The zero-order valence-corrected chi connectivity index (χ0v) is 25.2. The molecule has 0 spiro atoms. The summed E-state index contributed by atoms with van der Waals surface area (Å²) in [5, 5.41) is 2.57. The molecule has 0 radical (unpaired) electrons. The van der Waals surface area contributed by atoms with Crippen LogP contribution in [0.3, 0.4) is 0 Å². The van der Waals surface area contributed by atoms with Gasteiger partial charge < -0.3 is 20.7 Å². The number of hydrogen-bond acceptors (Lipinski definition) is 9. The maximum Gasteiger partial charge on any atom is 0.416 e. The van der Waals surface area contributed by atoms with E-state index < -0.39 is 17.6 Å². The van der Waals surface area contributed by atoms with Gasteiger partial charge in [-0.15, -0.1) is 0 Å². The van der Waals surface area contributed by atoms with Crippen LogP contribution in [0, 0.1) is 11.8 Å². The van der Waals surface area contributed by atoms with Crippen molar-refractivity contribution in [2.24, 2.45) is 0 Å². The summed E-state index contributed by atoms with van der Waals surface area (Å²) in [7, 11) is 1.99. The maximum atomic E-state index is 14.0. The van der Waals surface area contributed by atoms with E-state index in [1.54, 1.807) is 0 Å². The van der Waals surface area contributed by atoms with Gasteiger partial charge in [0.25, 0.3) is 5.91 Å². The molecular formula is C32H37F3N8O2. The molecule has 0 aliphatic carbocycles. The van der Waals surface area contributed by atoms with Gasteiger partial charge in [0.1, 0.15) is 12.2 Å². The molecule has 238 valence electrons. The minimum atomic E-state index is -4.57. The molecule has 0 unspecified atom stereocenters. The van der Waals surface area contributed by atoms with Crippen molar-refractivity contribution >= 4 is 17.5 Å². The molecule has 45 heavy (non-hydrogen) atoms. The zero-order valence-electron chi connectivity index (χ0n) is 25.2. The number of benzene rings is 1. The molecule has 2 aromatic heterocycles. The Morgan fingerprint density at radius 3 is 2.53 bits per heavy atom. The summed E-state index contributed by atoms with van der Waals surface area (Å²) >= 11 is 0. The molecule has 2 aliphatic rings. The van der Waals surface area contributed by atoms with Crippen molar-refractivity contribution in [3.05, 3.63) is 70.7 Å². The van der Waals surface area contributed by atoms with E-state index in [1.807, 2.05) is 11.9 Å². The van der Waals surface area contributed by atoms with Crippen molar-refractivity contribution in [1.82, 2.24) is 29.7 Å². The maximum absolute atomic E-state index is 14.0. The second-order valence-electron chi connectivity index (χ2n) is 11.3. The molecule has 1 aromatic carbocycles. The molecule has 2 saturated heterocycles. The van der Waals surface area contributed by atoms with Gasteiger partial charge in [-0.3, -0.25) is 19.6 Å². The van der Waals surface area contributed by atoms with Crippen LogP contribution in [0.1, 0.15) is 51.9 Å². The van der Waals surface area contributed by atoms with Gasteiger partial charge in [0.2, 0.25) is 11.8 Å². The predicted molar refractivity (Wildman–Crippen MR) is 165 cm³/mol. The fourth-order valence-electron chi connectivity index (χ4n) is 5.31. The Bertz CT molecular complexity index is 1540. The molecule has 2 aliphatic heterocycles. The Balaban J connectivity index is 1.26. The van der Waals surface area contributed by atoms with Gasteiger partial charge in [0.05, 0.1) is 17.3 Å². The lowest BCUT2D eigenvalue weighted by Crippen LogP contribution is -2.44. The Hall–Kier alpha value is -4.25. The highest BCUT2D eigenvalue weighted by atomic mass is 19.4. The number of likely N-dealkylation sites (N-methyl/N-ethyl adjacent to an activating group) is 1. The van der Waals surface area contributed by atoms with Crippen molar-refractivity contribution < 1.29 is 22.7 Å². The molecule has 0 atom stereocenters. The first kappa shape index (κ1) is 32.2. The number of ether oxygens (including phenoxy) is 1. The number of piperazine rings is 1. The van der Waals surface area contributed by atoms with E-state index in [9.17, 15) is 18.0 Å². The zero-order chi connectivity index (χ0) is 31.8. The predicted octanol–water partition coefficient (Wildman–Crippen LogP) is 3.74. The number of nitrogens with one attached hydrogen (secondary N) is 1. The molecule has 0 saturated carbocycles. The van der Waals surface area contributed by atoms with Crippen LogP contribution in [0.15, 0.2) is 42.9 Å². The minimum absolute atomic E-state index is 0.0382. The highest BCUT2D eigenvalue weighted by Gasteiger charge is 2.34. The van der Waals surface area contributed by atoms with Crippen LogP contribution in [0.25, 0.3) is 0 Å². The summed E-state index contributed by atoms with van der Waals surface area (Å²) in [6.45, 7) is 6.45. The second-order valence-corrected chi connectivity index (χ2v) is 11.3. The molecule has 4 heterocycles. The molecule has 10 nitrogen and oxygen atoms in total. The van der Waals surface area contributed by atoms with Gasteiger partial charge in [-0.25, -0.2) is 4.98 Å². The lowest BCUT2D eigenvalue weighted by atomic mass is 10.0. The number of carbonyl (C=O) groups is 1. The van der Waals surface area contributed by atoms with E-state index in [2.05, 4.69) is 41.9 Å². The summed E-state index contributed by atoms with van der Waals surface area (Å²) < 4.78 is 47.9. The molecule has 1 amide bonds. The first-order valence-corrected chi connectivity index (χ1v) is 15.0. The Labute approximate surface area is 260 Å². The largest absolute Gasteiger partial charge is 0.475 e. The Morgan fingerprint density at radius 1 is 1.00 bits per heavy atom. The quantitative estimate of drug-likeness (QED) is 0.363. The number of anilines is 2. The van der Waals surface area contributed by atoms with E-state index in [4.69, 9.17) is 10.5 Å². The van der Waals surface area contributed by atoms with Gasteiger partial charge in [0.15, 0.2) is 0 Å². The molecule has 5 rings (SSSR count). The molecule has 3 aromatic rings. The lowest BCUT2D eigenvalue weighted by Gasteiger charge is -2.33. The topological polar surface area (TPSA) is 113 Å². The van der Waals surface area contributed by atoms with E-state index in [-0.39, 0.29) is 35.2 Å². The number of likely N-dealkylation sites (tertiary alicyclic amines) is 1. The van der Waals surface area contributed by atoms with E-state index in [1.165, 1.54) is 56.1 Å². The van der Waals surface area contributed by atoms with Crippen molar-refractivity contribution in [1.29, 1.82) is 0 Å². The van der Waals surface area contributed by atoms with Gasteiger partial charge >= 0.3 is 6.18 Å². The molecule has 3 N–H and O–H groups in total. The molecule has 2 fully saturated rings. The number of amides is 1. The fourth-order valence-corrected chi connectivity index (χ4v) is 5.31. The van der Waals surface area contributed by atoms with Crippen molar-refractivity contribution in [3.8, 4) is 17.7 Å². The average Bonchev–Trinajstić information content (AvgIpc) is 3.02. The average molecular weight is 623 g/mol. The van der Waals surface area contributed by atoms with Crippen LogP contribution >= 0.6 is 0 Å². The van der Waals surface area contributed by atoms with Crippen molar-refractivity contribution in [2.45, 2.75) is 32.0 Å². The number of halogens is 3. The molecular weight excluding hydrogens is 585 g/mol. The number of nitrogens with zero attached hydrogens (tertiary/aromatic N) is 6. The van der Waals surface area contributed by atoms with Crippen LogP contribution in [0.5, 0.6) is 5.88 Å². The van der Waals surface area contributed by atoms with E-state index >= 15 is 0 Å². The van der Waals surface area contributed by atoms with Crippen LogP contribution in [0.2, 0.25) is 0 Å². The van der Waals surface area contributed by atoms with Gasteiger partial charge in [0, 0.05) is 62.9 Å². The van der Waals surface area contributed by atoms with Crippen molar-refractivity contribution in [3.63, 3.8) is 0 Å². The van der Waals surface area contributed by atoms with Crippen LogP contribution in [0.4, 0.5) is 24.8 Å². The van der Waals surface area contributed by atoms with Gasteiger partial charge in [-0.2, -0.15) is 18.2 Å².